The molecule has 5 heteroatoms. The third kappa shape index (κ3) is 5.21. The predicted molar refractivity (Wildman–Crippen MR) is 109 cm³/mol. The van der Waals surface area contributed by atoms with E-state index in [0.29, 0.717) is 5.92 Å². The summed E-state index contributed by atoms with van der Waals surface area (Å²) in [5.74, 6) is 1.26. The Hall–Kier alpha value is -1.10. The summed E-state index contributed by atoms with van der Waals surface area (Å²) in [6, 6.07) is 10.8. The van der Waals surface area contributed by atoms with Gasteiger partial charge in [-0.3, -0.25) is 0 Å². The summed E-state index contributed by atoms with van der Waals surface area (Å²) in [5.41, 5.74) is 2.24. The maximum absolute atomic E-state index is 13.5. The van der Waals surface area contributed by atoms with E-state index in [-0.39, 0.29) is 5.82 Å². The zero-order chi connectivity index (χ0) is 18.5. The maximum atomic E-state index is 13.5. The Bertz CT molecular complexity index is 747. The van der Waals surface area contributed by atoms with Gasteiger partial charge in [-0.05, 0) is 86.1 Å². The standard InChI is InChI=1S/C21H24BrClFNO/c1-26-19-4-2-16(21(23)14-19)8-11-25-9-6-15(7-10-25)12-17-13-18(24)3-5-20(17)22/h2-5,13-15H,6-12H2,1H3. The van der Waals surface area contributed by atoms with Crippen LogP contribution in [0, 0.1) is 11.7 Å². The monoisotopic (exact) mass is 439 g/mol. The van der Waals surface area contributed by atoms with Crippen LogP contribution in [0.5, 0.6) is 5.75 Å². The highest BCUT2D eigenvalue weighted by Crippen LogP contribution is 2.27. The Labute approximate surface area is 168 Å². The normalized spacial score (nSPS) is 16.0. The minimum atomic E-state index is -0.156. The van der Waals surface area contributed by atoms with Crippen molar-refractivity contribution in [2.24, 2.45) is 5.92 Å². The molecule has 1 fully saturated rings. The number of hydrogen-bond acceptors (Lipinski definition) is 2. The summed E-state index contributed by atoms with van der Waals surface area (Å²) in [6.45, 7) is 3.19. The minimum Gasteiger partial charge on any atom is -0.497 e. The maximum Gasteiger partial charge on any atom is 0.123 e. The molecule has 1 heterocycles. The first-order chi connectivity index (χ1) is 12.5. The first kappa shape index (κ1) is 19.7. The van der Waals surface area contributed by atoms with Crippen LogP contribution in [-0.4, -0.2) is 31.6 Å². The summed E-state index contributed by atoms with van der Waals surface area (Å²) < 4.78 is 19.7. The van der Waals surface area contributed by atoms with E-state index >= 15 is 0 Å². The van der Waals surface area contributed by atoms with Crippen LogP contribution in [0.15, 0.2) is 40.9 Å². The second-order valence-electron chi connectivity index (χ2n) is 6.93. The van der Waals surface area contributed by atoms with Crippen molar-refractivity contribution in [2.45, 2.75) is 25.7 Å². The van der Waals surface area contributed by atoms with Crippen LogP contribution in [0.3, 0.4) is 0 Å². The van der Waals surface area contributed by atoms with Crippen molar-refractivity contribution in [1.82, 2.24) is 4.90 Å². The van der Waals surface area contributed by atoms with Gasteiger partial charge < -0.3 is 9.64 Å². The van der Waals surface area contributed by atoms with Gasteiger partial charge >= 0.3 is 0 Å². The highest BCUT2D eigenvalue weighted by atomic mass is 79.9. The van der Waals surface area contributed by atoms with Gasteiger partial charge in [-0.15, -0.1) is 0 Å². The van der Waals surface area contributed by atoms with Crippen LogP contribution >= 0.6 is 27.5 Å². The van der Waals surface area contributed by atoms with Crippen molar-refractivity contribution in [3.63, 3.8) is 0 Å². The molecule has 26 heavy (non-hydrogen) atoms. The number of hydrogen-bond donors (Lipinski definition) is 0. The number of likely N-dealkylation sites (tertiary alicyclic amines) is 1. The molecule has 0 unspecified atom stereocenters. The van der Waals surface area contributed by atoms with Gasteiger partial charge in [0.15, 0.2) is 0 Å². The number of halogens is 3. The largest absolute Gasteiger partial charge is 0.497 e. The number of methoxy groups -OCH3 is 1. The molecular formula is C21H24BrClFNO. The Kier molecular flexibility index (Phi) is 6.96. The number of rotatable bonds is 6. The molecule has 140 valence electrons. The number of ether oxygens (including phenoxy) is 1. The SMILES string of the molecule is COc1ccc(CCN2CCC(Cc3cc(F)ccc3Br)CC2)c(Cl)c1. The molecule has 0 saturated carbocycles. The van der Waals surface area contributed by atoms with Crippen molar-refractivity contribution in [2.75, 3.05) is 26.7 Å². The van der Waals surface area contributed by atoms with Crippen LogP contribution in [0.4, 0.5) is 4.39 Å². The van der Waals surface area contributed by atoms with Gasteiger partial charge in [0.05, 0.1) is 7.11 Å². The molecule has 3 rings (SSSR count). The fourth-order valence-electron chi connectivity index (χ4n) is 3.56. The predicted octanol–water partition coefficient (Wildman–Crippen LogP) is 5.75. The molecular weight excluding hydrogens is 417 g/mol. The molecule has 1 aliphatic heterocycles. The molecule has 0 aliphatic carbocycles. The summed E-state index contributed by atoms with van der Waals surface area (Å²) in [6.07, 6.45) is 4.19. The molecule has 0 atom stereocenters. The van der Waals surface area contributed by atoms with Crippen LogP contribution in [0.1, 0.15) is 24.0 Å². The first-order valence-electron chi connectivity index (χ1n) is 9.04. The molecule has 2 aromatic rings. The Morgan fingerprint density at radius 1 is 1.15 bits per heavy atom. The Morgan fingerprint density at radius 2 is 1.92 bits per heavy atom. The van der Waals surface area contributed by atoms with Crippen molar-refractivity contribution in [1.29, 1.82) is 0 Å². The van der Waals surface area contributed by atoms with Crippen molar-refractivity contribution < 1.29 is 9.13 Å². The summed E-state index contributed by atoms with van der Waals surface area (Å²) in [4.78, 5) is 2.50. The molecule has 1 aliphatic rings. The molecule has 0 amide bonds. The fraction of sp³-hybridized carbons (Fsp3) is 0.429. The molecule has 0 aromatic heterocycles. The van der Waals surface area contributed by atoms with E-state index in [1.165, 1.54) is 11.6 Å². The minimum absolute atomic E-state index is 0.156. The van der Waals surface area contributed by atoms with Crippen LogP contribution < -0.4 is 4.74 Å². The van der Waals surface area contributed by atoms with Gasteiger partial charge in [0.25, 0.3) is 0 Å². The van der Waals surface area contributed by atoms with Crippen LogP contribution in [-0.2, 0) is 12.8 Å². The van der Waals surface area contributed by atoms with E-state index in [1.807, 2.05) is 12.1 Å². The number of benzene rings is 2. The van der Waals surface area contributed by atoms with Crippen LogP contribution in [0.25, 0.3) is 0 Å². The third-order valence-corrected chi connectivity index (χ3v) is 6.31. The zero-order valence-corrected chi connectivity index (χ0v) is 17.3. The number of piperidine rings is 1. The lowest BCUT2D eigenvalue weighted by Gasteiger charge is -2.32. The molecule has 2 aromatic carbocycles. The Balaban J connectivity index is 1.47. The molecule has 0 N–H and O–H groups in total. The van der Waals surface area contributed by atoms with E-state index in [9.17, 15) is 4.39 Å². The van der Waals surface area contributed by atoms with E-state index in [0.717, 1.165) is 66.1 Å². The summed E-state index contributed by atoms with van der Waals surface area (Å²) >= 11 is 9.87. The first-order valence-corrected chi connectivity index (χ1v) is 10.2. The highest BCUT2D eigenvalue weighted by Gasteiger charge is 2.20. The quantitative estimate of drug-likeness (QED) is 0.567. The highest BCUT2D eigenvalue weighted by molar-refractivity contribution is 9.10. The molecule has 0 radical (unpaired) electrons. The van der Waals surface area contributed by atoms with E-state index in [2.05, 4.69) is 26.9 Å². The van der Waals surface area contributed by atoms with Gasteiger partial charge in [0.1, 0.15) is 11.6 Å². The van der Waals surface area contributed by atoms with E-state index in [1.54, 1.807) is 19.2 Å². The molecule has 1 saturated heterocycles. The zero-order valence-electron chi connectivity index (χ0n) is 15.0. The number of nitrogens with zero attached hydrogens (tertiary/aromatic N) is 1. The van der Waals surface area contributed by atoms with Crippen molar-refractivity contribution in [3.05, 3.63) is 62.8 Å². The molecule has 2 nitrogen and oxygen atoms in total. The van der Waals surface area contributed by atoms with Crippen molar-refractivity contribution in [3.8, 4) is 5.75 Å². The lowest BCUT2D eigenvalue weighted by molar-refractivity contribution is 0.185. The summed E-state index contributed by atoms with van der Waals surface area (Å²) in [5, 5.41) is 0.773. The Morgan fingerprint density at radius 3 is 2.62 bits per heavy atom. The fourth-order valence-corrected chi connectivity index (χ4v) is 4.23. The lowest BCUT2D eigenvalue weighted by atomic mass is 9.90. The van der Waals surface area contributed by atoms with Gasteiger partial charge in [0, 0.05) is 16.0 Å². The molecule has 0 bridgehead atoms. The van der Waals surface area contributed by atoms with Crippen molar-refractivity contribution >= 4 is 27.5 Å². The lowest BCUT2D eigenvalue weighted by Crippen LogP contribution is -2.35. The van der Waals surface area contributed by atoms with Crippen LogP contribution in [0.2, 0.25) is 5.02 Å². The topological polar surface area (TPSA) is 12.5 Å². The second kappa shape index (κ2) is 9.20. The average Bonchev–Trinajstić information content (AvgIpc) is 2.65. The van der Waals surface area contributed by atoms with E-state index < -0.39 is 0 Å². The molecule has 0 spiro atoms. The average molecular weight is 441 g/mol. The second-order valence-corrected chi connectivity index (χ2v) is 8.19. The summed E-state index contributed by atoms with van der Waals surface area (Å²) in [7, 11) is 1.65. The third-order valence-electron chi connectivity index (χ3n) is 5.18. The van der Waals surface area contributed by atoms with Gasteiger partial charge in [0.2, 0.25) is 0 Å². The smallest absolute Gasteiger partial charge is 0.123 e. The van der Waals surface area contributed by atoms with Gasteiger partial charge in [-0.25, -0.2) is 4.39 Å². The van der Waals surface area contributed by atoms with Gasteiger partial charge in [-0.2, -0.15) is 0 Å². The van der Waals surface area contributed by atoms with Gasteiger partial charge in [-0.1, -0.05) is 33.6 Å². The van der Waals surface area contributed by atoms with E-state index in [4.69, 9.17) is 16.3 Å².